The highest BCUT2D eigenvalue weighted by atomic mass is 35.5. The molecule has 186 valence electrons. The highest BCUT2D eigenvalue weighted by molar-refractivity contribution is 7.92. The summed E-state index contributed by atoms with van der Waals surface area (Å²) >= 11 is 12.1. The minimum Gasteiger partial charge on any atom is -0.357 e. The first-order valence-corrected chi connectivity index (χ1v) is 13.3. The van der Waals surface area contributed by atoms with Crippen molar-refractivity contribution in [2.75, 3.05) is 24.2 Å². The van der Waals surface area contributed by atoms with Gasteiger partial charge in [0.15, 0.2) is 0 Å². The summed E-state index contributed by atoms with van der Waals surface area (Å²) in [4.78, 5) is 27.1. The Morgan fingerprint density at radius 2 is 1.79 bits per heavy atom. The lowest BCUT2D eigenvalue weighted by molar-refractivity contribution is -0.141. The molecule has 2 amide bonds. The Morgan fingerprint density at radius 3 is 2.35 bits per heavy atom. The van der Waals surface area contributed by atoms with Gasteiger partial charge in [0.25, 0.3) is 0 Å². The molecule has 0 radical (unpaired) electrons. The maximum absolute atomic E-state index is 14.2. The van der Waals surface area contributed by atoms with Crippen LogP contribution in [0.1, 0.15) is 31.7 Å². The van der Waals surface area contributed by atoms with E-state index in [9.17, 15) is 22.4 Å². The van der Waals surface area contributed by atoms with Crippen LogP contribution < -0.4 is 9.62 Å². The number of anilines is 1. The zero-order chi connectivity index (χ0) is 25.5. The van der Waals surface area contributed by atoms with Gasteiger partial charge in [-0.25, -0.2) is 12.8 Å². The molecule has 0 bridgehead atoms. The number of sulfonamides is 1. The van der Waals surface area contributed by atoms with Crippen molar-refractivity contribution in [3.05, 3.63) is 63.9 Å². The Labute approximate surface area is 209 Å². The fourth-order valence-electron chi connectivity index (χ4n) is 3.56. The van der Waals surface area contributed by atoms with Gasteiger partial charge in [-0.2, -0.15) is 0 Å². The van der Waals surface area contributed by atoms with E-state index >= 15 is 0 Å². The van der Waals surface area contributed by atoms with Gasteiger partial charge in [-0.1, -0.05) is 48.3 Å². The quantitative estimate of drug-likeness (QED) is 0.469. The van der Waals surface area contributed by atoms with Crippen LogP contribution in [0.3, 0.4) is 0 Å². The fourth-order valence-corrected chi connectivity index (χ4v) is 4.84. The zero-order valence-electron chi connectivity index (χ0n) is 19.2. The molecule has 0 saturated heterocycles. The van der Waals surface area contributed by atoms with Crippen molar-refractivity contribution in [3.8, 4) is 0 Å². The Morgan fingerprint density at radius 1 is 1.12 bits per heavy atom. The number of para-hydroxylation sites is 1. The van der Waals surface area contributed by atoms with E-state index in [1.54, 1.807) is 25.1 Å². The van der Waals surface area contributed by atoms with Crippen molar-refractivity contribution in [2.24, 2.45) is 0 Å². The minimum atomic E-state index is -3.78. The largest absolute Gasteiger partial charge is 0.357 e. The second-order valence-corrected chi connectivity index (χ2v) is 10.4. The maximum atomic E-state index is 14.2. The van der Waals surface area contributed by atoms with Crippen molar-refractivity contribution >= 4 is 50.7 Å². The van der Waals surface area contributed by atoms with Crippen molar-refractivity contribution in [1.82, 2.24) is 10.2 Å². The number of benzene rings is 2. The monoisotopic (exact) mass is 531 g/mol. The van der Waals surface area contributed by atoms with Gasteiger partial charge in [-0.15, -0.1) is 0 Å². The lowest BCUT2D eigenvalue weighted by Crippen LogP contribution is -2.48. The fraction of sp³-hybridized carbons (Fsp3) is 0.391. The topological polar surface area (TPSA) is 86.8 Å². The molecule has 0 aromatic heterocycles. The van der Waals surface area contributed by atoms with Crippen molar-refractivity contribution in [2.45, 2.75) is 38.8 Å². The van der Waals surface area contributed by atoms with Gasteiger partial charge in [0.1, 0.15) is 11.9 Å². The Hall–Kier alpha value is -2.36. The second-order valence-electron chi connectivity index (χ2n) is 7.70. The zero-order valence-corrected chi connectivity index (χ0v) is 21.6. The average Bonchev–Trinajstić information content (AvgIpc) is 2.78. The van der Waals surface area contributed by atoms with Crippen LogP contribution in [0.25, 0.3) is 0 Å². The molecule has 0 unspecified atom stereocenters. The molecule has 1 N–H and O–H groups in total. The van der Waals surface area contributed by atoms with Crippen LogP contribution in [-0.4, -0.2) is 51.0 Å². The number of rotatable bonds is 11. The van der Waals surface area contributed by atoms with E-state index in [2.05, 4.69) is 5.32 Å². The Kier molecular flexibility index (Phi) is 10.1. The predicted molar refractivity (Wildman–Crippen MR) is 133 cm³/mol. The van der Waals surface area contributed by atoms with Gasteiger partial charge in [0, 0.05) is 26.6 Å². The summed E-state index contributed by atoms with van der Waals surface area (Å²) in [5.41, 5.74) is 0.608. The summed E-state index contributed by atoms with van der Waals surface area (Å²) in [6.07, 6.45) is 1.44. The highest BCUT2D eigenvalue weighted by Gasteiger charge is 2.28. The summed E-state index contributed by atoms with van der Waals surface area (Å²) in [5.74, 6) is -1.34. The molecule has 0 heterocycles. The Bertz CT molecular complexity index is 1130. The van der Waals surface area contributed by atoms with Gasteiger partial charge in [0.2, 0.25) is 21.8 Å². The van der Waals surface area contributed by atoms with Crippen LogP contribution in [-0.2, 0) is 26.2 Å². The third-order valence-corrected chi connectivity index (χ3v) is 7.16. The molecule has 11 heteroatoms. The normalized spacial score (nSPS) is 12.2. The van der Waals surface area contributed by atoms with Crippen LogP contribution in [0.5, 0.6) is 0 Å². The van der Waals surface area contributed by atoms with Crippen molar-refractivity contribution in [1.29, 1.82) is 0 Å². The number of halogens is 3. The summed E-state index contributed by atoms with van der Waals surface area (Å²) in [7, 11) is -2.29. The molecule has 7 nitrogen and oxygen atoms in total. The standard InChI is InChI=1S/C23H28Cl2FN3O4S/c1-4-20(23(31)27-2)28(15-16-11-12-17(24)18(25)14-16)22(30)10-7-13-29(34(3,32)33)21-9-6-5-8-19(21)26/h5-6,8-9,11-12,14,20H,4,7,10,13,15H2,1-3H3,(H,27,31)/t20-/m1/s1. The number of nitrogens with one attached hydrogen (secondary N) is 1. The first-order chi connectivity index (χ1) is 16.0. The second kappa shape index (κ2) is 12.4. The molecule has 2 aromatic carbocycles. The molecule has 0 aliphatic rings. The molecule has 34 heavy (non-hydrogen) atoms. The number of nitrogens with zero attached hydrogens (tertiary/aromatic N) is 2. The molecule has 2 aromatic rings. The average molecular weight is 532 g/mol. The number of carbonyl (C=O) groups excluding carboxylic acids is 2. The van der Waals surface area contributed by atoms with Crippen molar-refractivity contribution in [3.63, 3.8) is 0 Å². The number of likely N-dealkylation sites (N-methyl/N-ethyl adjacent to an activating group) is 1. The maximum Gasteiger partial charge on any atom is 0.242 e. The first-order valence-electron chi connectivity index (χ1n) is 10.7. The molecule has 0 aliphatic carbocycles. The van der Waals surface area contributed by atoms with E-state index in [1.807, 2.05) is 0 Å². The van der Waals surface area contributed by atoms with Gasteiger partial charge in [-0.3, -0.25) is 13.9 Å². The molecule has 0 fully saturated rings. The third kappa shape index (κ3) is 7.32. The molecule has 0 saturated carbocycles. The van der Waals surface area contributed by atoms with E-state index in [4.69, 9.17) is 23.2 Å². The molecular weight excluding hydrogens is 504 g/mol. The van der Waals surface area contributed by atoms with Crippen LogP contribution >= 0.6 is 23.2 Å². The smallest absolute Gasteiger partial charge is 0.242 e. The summed E-state index contributed by atoms with van der Waals surface area (Å²) < 4.78 is 39.7. The minimum absolute atomic E-state index is 0.0463. The molecule has 2 rings (SSSR count). The van der Waals surface area contributed by atoms with Gasteiger partial charge < -0.3 is 10.2 Å². The Balaban J connectivity index is 2.22. The van der Waals surface area contributed by atoms with E-state index in [0.29, 0.717) is 22.0 Å². The van der Waals surface area contributed by atoms with Gasteiger partial charge in [-0.05, 0) is 42.7 Å². The lowest BCUT2D eigenvalue weighted by atomic mass is 10.1. The highest BCUT2D eigenvalue weighted by Crippen LogP contribution is 2.25. The number of amides is 2. The lowest BCUT2D eigenvalue weighted by Gasteiger charge is -2.31. The predicted octanol–water partition coefficient (Wildman–Crippen LogP) is 4.23. The number of carbonyl (C=O) groups is 2. The van der Waals surface area contributed by atoms with Crippen molar-refractivity contribution < 1.29 is 22.4 Å². The SMILES string of the molecule is CC[C@H](C(=O)NC)N(Cc1ccc(Cl)c(Cl)c1)C(=O)CCCN(c1ccccc1F)S(C)(=O)=O. The van der Waals surface area contributed by atoms with E-state index < -0.39 is 21.9 Å². The summed E-state index contributed by atoms with van der Waals surface area (Å²) in [6.45, 7) is 1.81. The van der Waals surface area contributed by atoms with E-state index in [1.165, 1.54) is 36.2 Å². The van der Waals surface area contributed by atoms with Crippen LogP contribution in [0.15, 0.2) is 42.5 Å². The van der Waals surface area contributed by atoms with Crippen LogP contribution in [0.2, 0.25) is 10.0 Å². The summed E-state index contributed by atoms with van der Waals surface area (Å²) in [6, 6.07) is 9.77. The first kappa shape index (κ1) is 27.9. The number of hydrogen-bond acceptors (Lipinski definition) is 4. The molecule has 0 aliphatic heterocycles. The molecule has 0 spiro atoms. The number of hydrogen-bond donors (Lipinski definition) is 1. The van der Waals surface area contributed by atoms with Crippen LogP contribution in [0.4, 0.5) is 10.1 Å². The summed E-state index contributed by atoms with van der Waals surface area (Å²) in [5, 5.41) is 3.27. The molecular formula is C23H28Cl2FN3O4S. The van der Waals surface area contributed by atoms with Crippen LogP contribution in [0, 0.1) is 5.82 Å². The van der Waals surface area contributed by atoms with Gasteiger partial charge in [0.05, 0.1) is 22.0 Å². The van der Waals surface area contributed by atoms with E-state index in [0.717, 1.165) is 10.6 Å². The molecule has 1 atom stereocenters. The third-order valence-electron chi connectivity index (χ3n) is 5.24. The van der Waals surface area contributed by atoms with Gasteiger partial charge >= 0.3 is 0 Å². The van der Waals surface area contributed by atoms with E-state index in [-0.39, 0.29) is 43.4 Å².